The van der Waals surface area contributed by atoms with Crippen molar-refractivity contribution in [2.75, 3.05) is 26.2 Å². The molecule has 0 aliphatic carbocycles. The molecule has 0 bridgehead atoms. The van der Waals surface area contributed by atoms with E-state index in [0.717, 1.165) is 151 Å². The van der Waals surface area contributed by atoms with Crippen LogP contribution in [0.3, 0.4) is 0 Å². The van der Waals surface area contributed by atoms with Crippen LogP contribution >= 0.6 is 77.2 Å². The average Bonchev–Trinajstić information content (AvgIpc) is 1.58. The molecule has 4 aromatic rings. The van der Waals surface area contributed by atoms with Gasteiger partial charge < -0.3 is 19.6 Å². The molecule has 14 heteroatoms. The van der Waals surface area contributed by atoms with Gasteiger partial charge in [0.25, 0.3) is 23.6 Å². The van der Waals surface area contributed by atoms with Crippen molar-refractivity contribution in [2.24, 2.45) is 23.7 Å². The van der Waals surface area contributed by atoms with Crippen molar-refractivity contribution in [1.82, 2.24) is 19.6 Å². The Morgan fingerprint density at radius 2 is 0.556 bits per heavy atom. The number of carbonyl (C=O) groups is 4. The molecule has 0 saturated heterocycles. The Bertz CT molecular complexity index is 2790. The molecule has 4 atom stereocenters. The molecule has 4 unspecified atom stereocenters. The summed E-state index contributed by atoms with van der Waals surface area (Å²) in [5, 5.41) is 4.11. The summed E-state index contributed by atoms with van der Waals surface area (Å²) in [6, 6.07) is 16.4. The maximum absolute atomic E-state index is 14.7. The van der Waals surface area contributed by atoms with Crippen LogP contribution in [0.2, 0.25) is 0 Å². The van der Waals surface area contributed by atoms with Crippen molar-refractivity contribution in [3.63, 3.8) is 0 Å². The van der Waals surface area contributed by atoms with Gasteiger partial charge in [-0.1, -0.05) is 222 Å². The first-order valence-electron chi connectivity index (χ1n) is 35.7. The van der Waals surface area contributed by atoms with Gasteiger partial charge in [-0.25, -0.2) is 0 Å². The quantitative estimate of drug-likeness (QED) is 0.0413. The summed E-state index contributed by atoms with van der Waals surface area (Å²) in [6.07, 6.45) is 38.1. The molecule has 496 valence electrons. The van der Waals surface area contributed by atoms with E-state index in [1.807, 2.05) is 43.9 Å². The van der Waals surface area contributed by atoms with E-state index >= 15 is 0 Å². The summed E-state index contributed by atoms with van der Waals surface area (Å²) in [5.41, 5.74) is 6.42. The van der Waals surface area contributed by atoms with E-state index < -0.39 is 0 Å². The average molecular weight is 1430 g/mol. The zero-order chi connectivity index (χ0) is 64.4. The Labute approximate surface area is 577 Å². The van der Waals surface area contributed by atoms with Crippen molar-refractivity contribution in [3.8, 4) is 0 Å². The zero-order valence-corrected chi connectivity index (χ0v) is 62.8. The molecule has 4 aromatic heterocycles. The summed E-state index contributed by atoms with van der Waals surface area (Å²) in [5.74, 6) is 2.02. The van der Waals surface area contributed by atoms with Crippen molar-refractivity contribution in [3.05, 3.63) is 109 Å². The molecule has 0 fully saturated rings. The number of hydrogen-bond acceptors (Lipinski definition) is 8. The van der Waals surface area contributed by atoms with Crippen LogP contribution in [-0.2, 0) is 19.2 Å². The van der Waals surface area contributed by atoms with Crippen LogP contribution in [-0.4, -0.2) is 69.4 Å². The van der Waals surface area contributed by atoms with Crippen LogP contribution < -0.4 is 0 Å². The van der Waals surface area contributed by atoms with E-state index in [9.17, 15) is 19.2 Å². The topological polar surface area (TPSA) is 81.2 Å². The van der Waals surface area contributed by atoms with Gasteiger partial charge in [-0.05, 0) is 154 Å². The minimum absolute atomic E-state index is 0.0630. The molecule has 8 rings (SSSR count). The fourth-order valence-electron chi connectivity index (χ4n) is 14.0. The number of unbranched alkanes of at least 4 members (excludes halogenated alkanes) is 16. The Kier molecular flexibility index (Phi) is 32.4. The summed E-state index contributed by atoms with van der Waals surface area (Å²) in [7, 11) is 0. The van der Waals surface area contributed by atoms with E-state index in [1.54, 1.807) is 45.3 Å². The molecule has 4 aliphatic rings. The molecule has 4 amide bonds. The largest absolute Gasteiger partial charge is 0.305 e. The Morgan fingerprint density at radius 1 is 0.311 bits per heavy atom. The highest BCUT2D eigenvalue weighted by Gasteiger charge is 2.51. The molecule has 0 radical (unpaired) electrons. The molecule has 0 N–H and O–H groups in total. The highest BCUT2D eigenvalue weighted by atomic mass is 79.9. The van der Waals surface area contributed by atoms with Gasteiger partial charge in [-0.3, -0.25) is 19.2 Å². The van der Waals surface area contributed by atoms with E-state index in [1.165, 1.54) is 116 Å². The monoisotopic (exact) mass is 1430 g/mol. The number of fused-ring (bicyclic) bond motifs is 2. The lowest BCUT2D eigenvalue weighted by molar-refractivity contribution is -0.124. The molecular weight excluding hydrogens is 1320 g/mol. The fourth-order valence-corrected chi connectivity index (χ4v) is 18.3. The number of amides is 4. The standard InChI is InChI=1S/C38H54Br2N2O2S2.C38H56N2O2S2/c1-5-9-13-15-19-27(17-11-7-3)25-41-35-33(29-21-23-31(39)45-29)38(44)42(26-28(18-12-8-4)20-16-14-10-6-2)36(35)34(37(41)43)30-22-24-32(40)46-30;1-5-9-13-15-21-29(19-11-7-3)27-39-35-33(31-23-17-25-43-31)38(42)40(28-30(20-12-8-4)22-16-14-10-6-2)36(35)34(37(39)41)32-24-18-26-44-32/h21-24,27-28H,5-20,25-26H2,1-4H3;17-18,23-26,29-30H,5-16,19-22,27-28H2,1-4H3. The lowest BCUT2D eigenvalue weighted by Crippen LogP contribution is -2.32. The second-order valence-electron chi connectivity index (χ2n) is 26.1. The Hall–Kier alpha value is -3.40. The highest BCUT2D eigenvalue weighted by molar-refractivity contribution is 9.11. The predicted molar refractivity (Wildman–Crippen MR) is 394 cm³/mol. The summed E-state index contributed by atoms with van der Waals surface area (Å²) < 4.78 is 2.00. The first-order valence-corrected chi connectivity index (χ1v) is 40.7. The first-order chi connectivity index (χ1) is 43.9. The molecule has 90 heavy (non-hydrogen) atoms. The summed E-state index contributed by atoms with van der Waals surface area (Å²) in [6.45, 7) is 20.8. The van der Waals surface area contributed by atoms with Crippen molar-refractivity contribution in [2.45, 2.75) is 261 Å². The van der Waals surface area contributed by atoms with Crippen LogP contribution in [0.4, 0.5) is 0 Å². The third kappa shape index (κ3) is 19.8. The van der Waals surface area contributed by atoms with Gasteiger partial charge in [-0.15, -0.1) is 45.3 Å². The molecule has 8 nitrogen and oxygen atoms in total. The molecule has 4 aliphatic heterocycles. The van der Waals surface area contributed by atoms with Gasteiger partial charge >= 0.3 is 0 Å². The maximum atomic E-state index is 14.7. The SMILES string of the molecule is CCCCCCC(CCCC)CN1C(=O)C(c2ccc(Br)s2)=C2C1=C(c1ccc(Br)s1)C(=O)N2CC(CCCC)CCCCCC.CCCCCCC(CCCC)CN1C(=O)C(c2cccs2)=C2C1=C(c1cccs1)C(=O)N2CC(CCCC)CCCCCC. The van der Waals surface area contributed by atoms with Crippen molar-refractivity contribution >= 4 is 123 Å². The van der Waals surface area contributed by atoms with Gasteiger partial charge in [0.2, 0.25) is 0 Å². The van der Waals surface area contributed by atoms with Crippen LogP contribution in [0, 0.1) is 23.7 Å². The van der Waals surface area contributed by atoms with Gasteiger partial charge in [-0.2, -0.15) is 0 Å². The smallest absolute Gasteiger partial charge is 0.262 e. The van der Waals surface area contributed by atoms with Crippen LogP contribution in [0.25, 0.3) is 22.3 Å². The lowest BCUT2D eigenvalue weighted by Gasteiger charge is -2.27. The highest BCUT2D eigenvalue weighted by Crippen LogP contribution is 2.52. The number of halogens is 2. The van der Waals surface area contributed by atoms with Crippen LogP contribution in [0.15, 0.2) is 89.7 Å². The Morgan fingerprint density at radius 3 is 0.767 bits per heavy atom. The van der Waals surface area contributed by atoms with E-state index in [0.29, 0.717) is 61.0 Å². The lowest BCUT2D eigenvalue weighted by atomic mass is 9.94. The van der Waals surface area contributed by atoms with Gasteiger partial charge in [0.15, 0.2) is 0 Å². The van der Waals surface area contributed by atoms with Crippen LogP contribution in [0.5, 0.6) is 0 Å². The zero-order valence-electron chi connectivity index (χ0n) is 56.3. The van der Waals surface area contributed by atoms with Gasteiger partial charge in [0.1, 0.15) is 0 Å². The maximum Gasteiger partial charge on any atom is 0.262 e. The minimum Gasteiger partial charge on any atom is -0.305 e. The van der Waals surface area contributed by atoms with E-state index in [2.05, 4.69) is 122 Å². The van der Waals surface area contributed by atoms with E-state index in [-0.39, 0.29) is 23.6 Å². The number of nitrogens with zero attached hydrogens (tertiary/aromatic N) is 4. The number of hydrogen-bond donors (Lipinski definition) is 0. The molecule has 8 heterocycles. The third-order valence-corrected chi connectivity index (χ3v) is 24.0. The van der Waals surface area contributed by atoms with Crippen LogP contribution in [0.1, 0.15) is 280 Å². The second kappa shape index (κ2) is 39.5. The Balaban J connectivity index is 0.000000256. The number of rotatable bonds is 44. The van der Waals surface area contributed by atoms with Gasteiger partial charge in [0.05, 0.1) is 52.7 Å². The van der Waals surface area contributed by atoms with Gasteiger partial charge in [0, 0.05) is 45.7 Å². The predicted octanol–water partition coefficient (Wildman–Crippen LogP) is 23.9. The molecule has 0 saturated carbocycles. The second-order valence-corrected chi connectivity index (χ2v) is 33.0. The fraction of sp³-hybridized carbons (Fsp3) is 0.632. The molecular formula is C76H110Br2N4O4S4. The molecule has 0 spiro atoms. The molecule has 0 aromatic carbocycles. The normalized spacial score (nSPS) is 16.5. The minimum atomic E-state index is 0.0630. The third-order valence-electron chi connectivity index (χ3n) is 19.0. The first kappa shape index (κ1) is 74.0. The number of carbonyl (C=O) groups excluding carboxylic acids is 4. The summed E-state index contributed by atoms with van der Waals surface area (Å²) >= 11 is 13.7. The number of thiophene rings is 4. The summed E-state index contributed by atoms with van der Waals surface area (Å²) in [4.78, 5) is 70.6. The van der Waals surface area contributed by atoms with E-state index in [4.69, 9.17) is 0 Å². The van der Waals surface area contributed by atoms with Crippen molar-refractivity contribution in [1.29, 1.82) is 0 Å². The van der Waals surface area contributed by atoms with Crippen molar-refractivity contribution < 1.29 is 19.2 Å².